The number of benzene rings is 2. The van der Waals surface area contributed by atoms with Gasteiger partial charge in [-0.25, -0.2) is 0 Å². The van der Waals surface area contributed by atoms with Crippen LogP contribution in [0, 0.1) is 11.8 Å². The molecule has 0 aliphatic carbocycles. The van der Waals surface area contributed by atoms with Crippen molar-refractivity contribution in [2.75, 3.05) is 13.7 Å². The summed E-state index contributed by atoms with van der Waals surface area (Å²) < 4.78 is 5.13. The first-order valence-electron chi connectivity index (χ1n) is 6.70. The van der Waals surface area contributed by atoms with E-state index < -0.39 is 0 Å². The zero-order valence-electron chi connectivity index (χ0n) is 11.7. The zero-order valence-corrected chi connectivity index (χ0v) is 11.7. The highest BCUT2D eigenvalue weighted by Gasteiger charge is 1.95. The molecule has 0 saturated carbocycles. The Morgan fingerprint density at radius 2 is 1.80 bits per heavy atom. The van der Waals surface area contributed by atoms with E-state index >= 15 is 0 Å². The summed E-state index contributed by atoms with van der Waals surface area (Å²) in [6, 6.07) is 18.4. The van der Waals surface area contributed by atoms with Gasteiger partial charge in [0.05, 0.1) is 13.2 Å². The van der Waals surface area contributed by atoms with Crippen LogP contribution in [0.2, 0.25) is 0 Å². The van der Waals surface area contributed by atoms with Gasteiger partial charge in [-0.1, -0.05) is 54.3 Å². The van der Waals surface area contributed by atoms with Crippen LogP contribution in [0.3, 0.4) is 0 Å². The van der Waals surface area contributed by atoms with E-state index in [9.17, 15) is 0 Å². The number of nitrogens with one attached hydrogen (secondary N) is 1. The van der Waals surface area contributed by atoms with E-state index in [1.807, 2.05) is 30.3 Å². The lowest BCUT2D eigenvalue weighted by Gasteiger charge is -2.04. The molecule has 0 spiro atoms. The first-order chi connectivity index (χ1) is 9.88. The van der Waals surface area contributed by atoms with Crippen molar-refractivity contribution in [2.45, 2.75) is 13.2 Å². The fourth-order valence-corrected chi connectivity index (χ4v) is 1.93. The molecule has 0 aliphatic heterocycles. The normalized spacial score (nSPS) is 9.85. The molecule has 2 aromatic rings. The third-order valence-corrected chi connectivity index (χ3v) is 2.85. The van der Waals surface area contributed by atoms with Crippen molar-refractivity contribution in [1.29, 1.82) is 0 Å². The smallest absolute Gasteiger partial charge is 0.0713 e. The van der Waals surface area contributed by atoms with Crippen LogP contribution in [-0.4, -0.2) is 13.7 Å². The second kappa shape index (κ2) is 8.16. The first-order valence-corrected chi connectivity index (χ1v) is 6.70. The SMILES string of the molecule is COCc1cccc(CNCC#Cc2ccccc2)c1. The van der Waals surface area contributed by atoms with Crippen LogP contribution in [0.15, 0.2) is 54.6 Å². The van der Waals surface area contributed by atoms with E-state index in [1.54, 1.807) is 7.11 Å². The van der Waals surface area contributed by atoms with Crippen molar-refractivity contribution < 1.29 is 4.74 Å². The second-order valence-corrected chi connectivity index (χ2v) is 4.52. The minimum absolute atomic E-state index is 0.654. The van der Waals surface area contributed by atoms with Gasteiger partial charge in [0, 0.05) is 19.2 Å². The minimum atomic E-state index is 0.654. The lowest BCUT2D eigenvalue weighted by Crippen LogP contribution is -2.13. The molecule has 0 amide bonds. The Morgan fingerprint density at radius 3 is 2.60 bits per heavy atom. The molecule has 0 saturated heterocycles. The molecule has 0 aliphatic rings. The van der Waals surface area contributed by atoms with Gasteiger partial charge in [-0.2, -0.15) is 0 Å². The zero-order chi connectivity index (χ0) is 14.0. The summed E-state index contributed by atoms with van der Waals surface area (Å²) in [5.74, 6) is 6.26. The molecule has 102 valence electrons. The Hall–Kier alpha value is -2.08. The molecular formula is C18H19NO. The Bertz CT molecular complexity index is 581. The average Bonchev–Trinajstić information content (AvgIpc) is 2.49. The highest BCUT2D eigenvalue weighted by Crippen LogP contribution is 2.05. The number of ether oxygens (including phenoxy) is 1. The Labute approximate surface area is 120 Å². The van der Waals surface area contributed by atoms with Crippen molar-refractivity contribution in [2.24, 2.45) is 0 Å². The van der Waals surface area contributed by atoms with Crippen LogP contribution >= 0.6 is 0 Å². The van der Waals surface area contributed by atoms with Gasteiger partial charge >= 0.3 is 0 Å². The highest BCUT2D eigenvalue weighted by atomic mass is 16.5. The van der Waals surface area contributed by atoms with Gasteiger partial charge in [-0.15, -0.1) is 0 Å². The van der Waals surface area contributed by atoms with Crippen LogP contribution in [-0.2, 0) is 17.9 Å². The summed E-state index contributed by atoms with van der Waals surface area (Å²) in [5, 5.41) is 3.33. The quantitative estimate of drug-likeness (QED) is 0.663. The van der Waals surface area contributed by atoms with E-state index in [2.05, 4.69) is 41.4 Å². The van der Waals surface area contributed by atoms with Crippen molar-refractivity contribution in [3.05, 3.63) is 71.3 Å². The monoisotopic (exact) mass is 265 g/mol. The van der Waals surface area contributed by atoms with Crippen molar-refractivity contribution in [3.63, 3.8) is 0 Å². The third-order valence-electron chi connectivity index (χ3n) is 2.85. The molecule has 0 bridgehead atoms. The molecule has 0 fully saturated rings. The van der Waals surface area contributed by atoms with Crippen LogP contribution in [0.1, 0.15) is 16.7 Å². The molecule has 0 radical (unpaired) electrons. The summed E-state index contributed by atoms with van der Waals surface area (Å²) in [6.45, 7) is 2.16. The third kappa shape index (κ3) is 4.89. The molecule has 2 aromatic carbocycles. The van der Waals surface area contributed by atoms with Crippen LogP contribution < -0.4 is 5.32 Å². The van der Waals surface area contributed by atoms with Gasteiger partial charge in [0.15, 0.2) is 0 Å². The Kier molecular flexibility index (Phi) is 5.85. The largest absolute Gasteiger partial charge is 0.380 e. The number of hydrogen-bond acceptors (Lipinski definition) is 2. The molecular weight excluding hydrogens is 246 g/mol. The molecule has 0 atom stereocenters. The van der Waals surface area contributed by atoms with E-state index in [4.69, 9.17) is 4.74 Å². The number of methoxy groups -OCH3 is 1. The molecule has 0 heterocycles. The molecule has 2 nitrogen and oxygen atoms in total. The first kappa shape index (κ1) is 14.3. The number of hydrogen-bond donors (Lipinski definition) is 1. The summed E-state index contributed by atoms with van der Waals surface area (Å²) in [5.41, 5.74) is 3.50. The standard InChI is InChI=1S/C18H19NO/c1-20-15-18-10-5-9-17(13-18)14-19-12-6-11-16-7-3-2-4-8-16/h2-5,7-10,13,19H,12,14-15H2,1H3. The Balaban J connectivity index is 1.79. The van der Waals surface area contributed by atoms with Gasteiger partial charge in [-0.05, 0) is 23.3 Å². The average molecular weight is 265 g/mol. The van der Waals surface area contributed by atoms with Crippen molar-refractivity contribution in [1.82, 2.24) is 5.32 Å². The summed E-state index contributed by atoms with van der Waals surface area (Å²) >= 11 is 0. The van der Waals surface area contributed by atoms with E-state index in [1.165, 1.54) is 11.1 Å². The van der Waals surface area contributed by atoms with E-state index in [0.717, 1.165) is 12.1 Å². The summed E-state index contributed by atoms with van der Waals surface area (Å²) in [4.78, 5) is 0. The van der Waals surface area contributed by atoms with E-state index in [-0.39, 0.29) is 0 Å². The lowest BCUT2D eigenvalue weighted by molar-refractivity contribution is 0.185. The maximum absolute atomic E-state index is 5.13. The van der Waals surface area contributed by atoms with Gasteiger partial charge in [0.1, 0.15) is 0 Å². The van der Waals surface area contributed by atoms with Crippen molar-refractivity contribution >= 4 is 0 Å². The van der Waals surface area contributed by atoms with Gasteiger partial charge < -0.3 is 10.1 Å². The molecule has 1 N–H and O–H groups in total. The maximum atomic E-state index is 5.13. The summed E-state index contributed by atoms with van der Waals surface area (Å²) in [6.07, 6.45) is 0. The Morgan fingerprint density at radius 1 is 1.00 bits per heavy atom. The van der Waals surface area contributed by atoms with Crippen LogP contribution in [0.5, 0.6) is 0 Å². The molecule has 0 aromatic heterocycles. The predicted octanol–water partition coefficient (Wildman–Crippen LogP) is 2.97. The maximum Gasteiger partial charge on any atom is 0.0713 e. The fourth-order valence-electron chi connectivity index (χ4n) is 1.93. The van der Waals surface area contributed by atoms with E-state index in [0.29, 0.717) is 13.2 Å². The fraction of sp³-hybridized carbons (Fsp3) is 0.222. The second-order valence-electron chi connectivity index (χ2n) is 4.52. The molecule has 0 unspecified atom stereocenters. The predicted molar refractivity (Wildman–Crippen MR) is 82.2 cm³/mol. The highest BCUT2D eigenvalue weighted by molar-refractivity contribution is 5.33. The molecule has 20 heavy (non-hydrogen) atoms. The topological polar surface area (TPSA) is 21.3 Å². The minimum Gasteiger partial charge on any atom is -0.380 e. The van der Waals surface area contributed by atoms with Gasteiger partial charge in [0.25, 0.3) is 0 Å². The van der Waals surface area contributed by atoms with Gasteiger partial charge in [-0.3, -0.25) is 0 Å². The molecule has 2 rings (SSSR count). The number of rotatable bonds is 5. The molecule has 2 heteroatoms. The van der Waals surface area contributed by atoms with Crippen LogP contribution in [0.25, 0.3) is 0 Å². The van der Waals surface area contributed by atoms with Gasteiger partial charge in [0.2, 0.25) is 0 Å². The van der Waals surface area contributed by atoms with Crippen molar-refractivity contribution in [3.8, 4) is 11.8 Å². The summed E-state index contributed by atoms with van der Waals surface area (Å²) in [7, 11) is 1.71. The lowest BCUT2D eigenvalue weighted by atomic mass is 10.1. The van der Waals surface area contributed by atoms with Crippen LogP contribution in [0.4, 0.5) is 0 Å².